The van der Waals surface area contributed by atoms with Crippen LogP contribution in [0.3, 0.4) is 0 Å². The molecule has 7 nitrogen and oxygen atoms in total. The fraction of sp³-hybridized carbons (Fsp3) is 0.118. The van der Waals surface area contributed by atoms with Gasteiger partial charge in [-0.2, -0.15) is 5.10 Å². The molecule has 0 fully saturated rings. The second-order valence-corrected chi connectivity index (χ2v) is 5.73. The van der Waals surface area contributed by atoms with Crippen molar-refractivity contribution in [1.82, 2.24) is 24.4 Å². The van der Waals surface area contributed by atoms with Gasteiger partial charge < -0.3 is 5.73 Å². The number of nitrogens with one attached hydrogen (secondary N) is 1. The summed E-state index contributed by atoms with van der Waals surface area (Å²) in [5.41, 5.74) is 8.73. The van der Waals surface area contributed by atoms with Crippen molar-refractivity contribution < 1.29 is 4.39 Å². The van der Waals surface area contributed by atoms with Crippen LogP contribution in [0.5, 0.6) is 0 Å². The molecule has 1 aromatic carbocycles. The van der Waals surface area contributed by atoms with Gasteiger partial charge in [0.2, 0.25) is 0 Å². The molecule has 0 spiro atoms. The summed E-state index contributed by atoms with van der Waals surface area (Å²) in [6.45, 7) is 0.0647. The van der Waals surface area contributed by atoms with Crippen LogP contribution in [0.25, 0.3) is 27.7 Å². The number of aromatic amines is 1. The van der Waals surface area contributed by atoms with Crippen LogP contribution in [0.1, 0.15) is 0 Å². The summed E-state index contributed by atoms with van der Waals surface area (Å²) < 4.78 is 15.3. The average molecular weight is 338 g/mol. The summed E-state index contributed by atoms with van der Waals surface area (Å²) in [5.74, 6) is 0. The van der Waals surface area contributed by atoms with Gasteiger partial charge in [-0.1, -0.05) is 12.1 Å². The Morgan fingerprint density at radius 3 is 2.92 bits per heavy atom. The quantitative estimate of drug-likeness (QED) is 0.594. The number of H-pyrrole nitrogens is 1. The van der Waals surface area contributed by atoms with E-state index in [4.69, 9.17) is 5.73 Å². The molecule has 0 bridgehead atoms. The minimum Gasteiger partial charge on any atom is -0.327 e. The van der Waals surface area contributed by atoms with Crippen molar-refractivity contribution in [1.29, 1.82) is 0 Å². The molecule has 0 radical (unpaired) electrons. The maximum absolute atomic E-state index is 12.7. The molecule has 4 rings (SSSR count). The van der Waals surface area contributed by atoms with Crippen molar-refractivity contribution in [3.63, 3.8) is 0 Å². The van der Waals surface area contributed by atoms with E-state index in [9.17, 15) is 9.18 Å². The Balaban J connectivity index is 1.78. The summed E-state index contributed by atoms with van der Waals surface area (Å²) in [5, 5.41) is 12.2. The SMILES string of the molecule is NC/C(=C\F)Cn1nc2cc(-c3ccc4cn[nH]c4c3)ccn2c1=O. The summed E-state index contributed by atoms with van der Waals surface area (Å²) in [7, 11) is 0. The molecular formula is C17H15FN6O. The molecular weight excluding hydrogens is 323 g/mol. The molecule has 0 aliphatic carbocycles. The van der Waals surface area contributed by atoms with Gasteiger partial charge in [-0.15, -0.1) is 5.10 Å². The van der Waals surface area contributed by atoms with Crippen LogP contribution < -0.4 is 11.4 Å². The van der Waals surface area contributed by atoms with Crippen molar-refractivity contribution in [2.45, 2.75) is 6.54 Å². The first-order valence-corrected chi connectivity index (χ1v) is 7.70. The largest absolute Gasteiger partial charge is 0.350 e. The zero-order valence-corrected chi connectivity index (χ0v) is 13.2. The third-order valence-electron chi connectivity index (χ3n) is 4.13. The number of nitrogens with two attached hydrogens (primary N) is 1. The highest BCUT2D eigenvalue weighted by molar-refractivity contribution is 5.84. The van der Waals surface area contributed by atoms with Gasteiger partial charge >= 0.3 is 5.69 Å². The molecule has 3 aromatic heterocycles. The predicted octanol–water partition coefficient (Wildman–Crippen LogP) is 1.85. The number of nitrogens with zero attached hydrogens (tertiary/aromatic N) is 4. The number of hydrogen-bond donors (Lipinski definition) is 2. The maximum atomic E-state index is 12.7. The lowest BCUT2D eigenvalue weighted by Crippen LogP contribution is -2.23. The summed E-state index contributed by atoms with van der Waals surface area (Å²) >= 11 is 0. The molecule has 4 aromatic rings. The molecule has 0 aliphatic rings. The maximum Gasteiger partial charge on any atom is 0.350 e. The van der Waals surface area contributed by atoms with E-state index in [2.05, 4.69) is 15.3 Å². The van der Waals surface area contributed by atoms with E-state index in [0.29, 0.717) is 17.6 Å². The molecule has 0 saturated heterocycles. The first kappa shape index (κ1) is 15.3. The molecule has 126 valence electrons. The van der Waals surface area contributed by atoms with Gasteiger partial charge in [-0.05, 0) is 34.9 Å². The lowest BCUT2D eigenvalue weighted by Gasteiger charge is -2.02. The Labute approximate surface area is 141 Å². The standard InChI is InChI=1S/C17H15FN6O/c18-7-11(8-19)10-24-17(25)23-4-3-13(6-16(23)22-24)12-1-2-14-9-20-21-15(14)5-12/h1-7,9H,8,10,19H2,(H,20,21)/b11-7+. The van der Waals surface area contributed by atoms with Crippen molar-refractivity contribution in [2.75, 3.05) is 6.54 Å². The zero-order chi connectivity index (χ0) is 17.4. The first-order valence-electron chi connectivity index (χ1n) is 7.70. The van der Waals surface area contributed by atoms with Crippen LogP contribution in [0.4, 0.5) is 4.39 Å². The van der Waals surface area contributed by atoms with E-state index in [0.717, 1.165) is 22.0 Å². The Kier molecular flexibility index (Phi) is 3.66. The van der Waals surface area contributed by atoms with Gasteiger partial charge in [-0.25, -0.2) is 13.9 Å². The molecule has 25 heavy (non-hydrogen) atoms. The van der Waals surface area contributed by atoms with Crippen LogP contribution >= 0.6 is 0 Å². The van der Waals surface area contributed by atoms with Crippen molar-refractivity contribution in [3.05, 3.63) is 65.1 Å². The second kappa shape index (κ2) is 5.99. The van der Waals surface area contributed by atoms with Crippen molar-refractivity contribution >= 4 is 16.6 Å². The van der Waals surface area contributed by atoms with Gasteiger partial charge in [0.15, 0.2) is 5.65 Å². The minimum atomic E-state index is -0.335. The van der Waals surface area contributed by atoms with Gasteiger partial charge in [0, 0.05) is 18.1 Å². The smallest absolute Gasteiger partial charge is 0.327 e. The lowest BCUT2D eigenvalue weighted by molar-refractivity contribution is 0.616. The van der Waals surface area contributed by atoms with Gasteiger partial charge in [0.25, 0.3) is 0 Å². The third kappa shape index (κ3) is 2.62. The Morgan fingerprint density at radius 1 is 1.28 bits per heavy atom. The van der Waals surface area contributed by atoms with E-state index >= 15 is 0 Å². The van der Waals surface area contributed by atoms with Crippen molar-refractivity contribution in [2.24, 2.45) is 5.73 Å². The van der Waals surface area contributed by atoms with Gasteiger partial charge in [-0.3, -0.25) is 9.50 Å². The van der Waals surface area contributed by atoms with E-state index < -0.39 is 0 Å². The highest BCUT2D eigenvalue weighted by atomic mass is 19.1. The molecule has 0 aliphatic heterocycles. The monoisotopic (exact) mass is 338 g/mol. The minimum absolute atomic E-state index is 0.0307. The molecule has 0 amide bonds. The topological polar surface area (TPSA) is 94.0 Å². The average Bonchev–Trinajstić information content (AvgIpc) is 3.23. The van der Waals surface area contributed by atoms with Gasteiger partial charge in [0.1, 0.15) is 0 Å². The molecule has 3 N–H and O–H groups in total. The lowest BCUT2D eigenvalue weighted by atomic mass is 10.1. The Bertz CT molecular complexity index is 1150. The van der Waals surface area contributed by atoms with Crippen LogP contribution in [0, 0.1) is 0 Å². The molecule has 0 atom stereocenters. The fourth-order valence-corrected chi connectivity index (χ4v) is 2.75. The molecule has 0 saturated carbocycles. The number of halogens is 1. The number of aromatic nitrogens is 5. The molecule has 8 heteroatoms. The summed E-state index contributed by atoms with van der Waals surface area (Å²) in [6, 6.07) is 9.60. The highest BCUT2D eigenvalue weighted by Crippen LogP contribution is 2.23. The predicted molar refractivity (Wildman–Crippen MR) is 92.8 cm³/mol. The summed E-state index contributed by atoms with van der Waals surface area (Å²) in [6.07, 6.45) is 3.84. The first-order chi connectivity index (χ1) is 12.2. The fourth-order valence-electron chi connectivity index (χ4n) is 2.75. The van der Waals surface area contributed by atoms with E-state index in [1.165, 1.54) is 9.08 Å². The Hall–Kier alpha value is -3.26. The highest BCUT2D eigenvalue weighted by Gasteiger charge is 2.10. The number of rotatable bonds is 4. The van der Waals surface area contributed by atoms with Crippen LogP contribution in [-0.4, -0.2) is 30.9 Å². The van der Waals surface area contributed by atoms with E-state index in [-0.39, 0.29) is 18.8 Å². The third-order valence-corrected chi connectivity index (χ3v) is 4.13. The van der Waals surface area contributed by atoms with E-state index in [1.807, 2.05) is 30.3 Å². The number of benzene rings is 1. The number of fused-ring (bicyclic) bond motifs is 2. The molecule has 0 unspecified atom stereocenters. The second-order valence-electron chi connectivity index (χ2n) is 5.73. The van der Waals surface area contributed by atoms with Crippen LogP contribution in [0.2, 0.25) is 0 Å². The van der Waals surface area contributed by atoms with Crippen LogP contribution in [-0.2, 0) is 6.54 Å². The molecule has 3 heterocycles. The Morgan fingerprint density at radius 2 is 2.12 bits per heavy atom. The van der Waals surface area contributed by atoms with Gasteiger partial charge in [0.05, 0.1) is 24.6 Å². The number of pyridine rings is 1. The van der Waals surface area contributed by atoms with E-state index in [1.54, 1.807) is 12.4 Å². The van der Waals surface area contributed by atoms with Crippen molar-refractivity contribution in [3.8, 4) is 11.1 Å². The summed E-state index contributed by atoms with van der Waals surface area (Å²) in [4.78, 5) is 12.3. The zero-order valence-electron chi connectivity index (χ0n) is 13.2. The van der Waals surface area contributed by atoms with Crippen LogP contribution in [0.15, 0.2) is 59.4 Å². The number of hydrogen-bond acceptors (Lipinski definition) is 4. The normalized spacial score (nSPS) is 12.3.